The molecule has 0 saturated carbocycles. The van der Waals surface area contributed by atoms with Crippen LogP contribution in [0, 0.1) is 12.8 Å². The van der Waals surface area contributed by atoms with Gasteiger partial charge in [0.1, 0.15) is 0 Å². The van der Waals surface area contributed by atoms with Gasteiger partial charge in [-0.1, -0.05) is 18.2 Å². The van der Waals surface area contributed by atoms with Crippen molar-refractivity contribution in [2.24, 2.45) is 5.92 Å². The highest BCUT2D eigenvalue weighted by Crippen LogP contribution is 2.23. The smallest absolute Gasteiger partial charge is 0.225 e. The Hall–Kier alpha value is -1.55. The summed E-state index contributed by atoms with van der Waals surface area (Å²) in [6.07, 6.45) is 2.82. The predicted molar refractivity (Wildman–Crippen MR) is 88.1 cm³/mol. The molecular weight excluding hydrogens is 276 g/mol. The Balaban J connectivity index is 1.62. The SMILES string of the molecule is Cc1ccccc1N1CCCN(C(=O)C2CCOCC2)CC1. The first-order chi connectivity index (χ1) is 10.8. The molecule has 22 heavy (non-hydrogen) atoms. The van der Waals surface area contributed by atoms with Crippen LogP contribution in [0.2, 0.25) is 0 Å². The molecule has 0 N–H and O–H groups in total. The number of benzene rings is 1. The average molecular weight is 302 g/mol. The quantitative estimate of drug-likeness (QED) is 0.841. The maximum Gasteiger partial charge on any atom is 0.225 e. The van der Waals surface area contributed by atoms with Crippen LogP contribution in [0.1, 0.15) is 24.8 Å². The second-order valence-corrected chi connectivity index (χ2v) is 6.34. The number of amides is 1. The third kappa shape index (κ3) is 3.43. The van der Waals surface area contributed by atoms with Crippen LogP contribution in [0.15, 0.2) is 24.3 Å². The normalized spacial score (nSPS) is 20.8. The molecule has 0 radical (unpaired) electrons. The zero-order valence-electron chi connectivity index (χ0n) is 13.5. The summed E-state index contributed by atoms with van der Waals surface area (Å²) in [7, 11) is 0. The summed E-state index contributed by atoms with van der Waals surface area (Å²) in [6, 6.07) is 8.52. The van der Waals surface area contributed by atoms with E-state index in [1.807, 2.05) is 0 Å². The number of anilines is 1. The van der Waals surface area contributed by atoms with Crippen LogP contribution in [0.5, 0.6) is 0 Å². The van der Waals surface area contributed by atoms with E-state index in [1.54, 1.807) is 0 Å². The van der Waals surface area contributed by atoms with Crippen molar-refractivity contribution in [2.45, 2.75) is 26.2 Å². The zero-order chi connectivity index (χ0) is 15.4. The lowest BCUT2D eigenvalue weighted by molar-refractivity contribution is -0.138. The van der Waals surface area contributed by atoms with Crippen LogP contribution in [0.25, 0.3) is 0 Å². The summed E-state index contributed by atoms with van der Waals surface area (Å²) < 4.78 is 5.37. The average Bonchev–Trinajstić information content (AvgIpc) is 2.81. The van der Waals surface area contributed by atoms with Crippen LogP contribution >= 0.6 is 0 Å². The number of rotatable bonds is 2. The van der Waals surface area contributed by atoms with Gasteiger partial charge in [-0.05, 0) is 37.8 Å². The molecule has 0 spiro atoms. The predicted octanol–water partition coefficient (Wildman–Crippen LogP) is 2.46. The van der Waals surface area contributed by atoms with Gasteiger partial charge in [0.2, 0.25) is 5.91 Å². The first-order valence-corrected chi connectivity index (χ1v) is 8.43. The van der Waals surface area contributed by atoms with E-state index in [9.17, 15) is 4.79 Å². The highest BCUT2D eigenvalue weighted by molar-refractivity contribution is 5.79. The van der Waals surface area contributed by atoms with Crippen molar-refractivity contribution >= 4 is 11.6 Å². The van der Waals surface area contributed by atoms with Gasteiger partial charge in [-0.15, -0.1) is 0 Å². The van der Waals surface area contributed by atoms with E-state index in [-0.39, 0.29) is 5.92 Å². The lowest BCUT2D eigenvalue weighted by Gasteiger charge is -2.29. The van der Waals surface area contributed by atoms with Gasteiger partial charge in [-0.2, -0.15) is 0 Å². The number of aryl methyl sites for hydroxylation is 1. The summed E-state index contributed by atoms with van der Waals surface area (Å²) in [5, 5.41) is 0. The first-order valence-electron chi connectivity index (χ1n) is 8.43. The van der Waals surface area contributed by atoms with E-state index in [1.165, 1.54) is 11.3 Å². The van der Waals surface area contributed by atoms with Gasteiger partial charge >= 0.3 is 0 Å². The van der Waals surface area contributed by atoms with Gasteiger partial charge in [-0.25, -0.2) is 0 Å². The monoisotopic (exact) mass is 302 g/mol. The number of para-hydroxylation sites is 1. The number of ether oxygens (including phenoxy) is 1. The highest BCUT2D eigenvalue weighted by atomic mass is 16.5. The Morgan fingerprint density at radius 1 is 1.09 bits per heavy atom. The molecule has 2 fully saturated rings. The van der Waals surface area contributed by atoms with Crippen molar-refractivity contribution in [3.05, 3.63) is 29.8 Å². The molecule has 4 nitrogen and oxygen atoms in total. The van der Waals surface area contributed by atoms with Crippen molar-refractivity contribution in [3.8, 4) is 0 Å². The molecule has 0 unspecified atom stereocenters. The Morgan fingerprint density at radius 3 is 2.64 bits per heavy atom. The Kier molecular flexibility index (Phi) is 4.98. The topological polar surface area (TPSA) is 32.8 Å². The Morgan fingerprint density at radius 2 is 1.86 bits per heavy atom. The molecule has 3 rings (SSSR count). The summed E-state index contributed by atoms with van der Waals surface area (Å²) in [5.41, 5.74) is 2.62. The second kappa shape index (κ2) is 7.14. The molecular formula is C18H26N2O2. The molecule has 2 aliphatic rings. The van der Waals surface area contributed by atoms with E-state index in [4.69, 9.17) is 4.74 Å². The van der Waals surface area contributed by atoms with Gasteiger partial charge in [0.05, 0.1) is 0 Å². The summed E-state index contributed by atoms with van der Waals surface area (Å²) in [6.45, 7) is 7.32. The molecule has 1 aromatic carbocycles. The maximum atomic E-state index is 12.7. The number of carbonyl (C=O) groups is 1. The molecule has 1 amide bonds. The number of hydrogen-bond acceptors (Lipinski definition) is 3. The first kappa shape index (κ1) is 15.3. The molecule has 2 saturated heterocycles. The molecule has 0 aliphatic carbocycles. The standard InChI is InChI=1S/C18H26N2O2/c1-15-5-2-3-6-17(15)19-9-4-10-20(12-11-19)18(21)16-7-13-22-14-8-16/h2-3,5-6,16H,4,7-14H2,1H3. The number of carbonyl (C=O) groups excluding carboxylic acids is 1. The zero-order valence-corrected chi connectivity index (χ0v) is 13.5. The summed E-state index contributed by atoms with van der Waals surface area (Å²) in [4.78, 5) is 17.2. The van der Waals surface area contributed by atoms with E-state index in [0.29, 0.717) is 5.91 Å². The van der Waals surface area contributed by atoms with Crippen LogP contribution in [0.4, 0.5) is 5.69 Å². The van der Waals surface area contributed by atoms with Gasteiger partial charge in [0.25, 0.3) is 0 Å². The molecule has 2 heterocycles. The molecule has 0 atom stereocenters. The molecule has 2 aliphatic heterocycles. The lowest BCUT2D eigenvalue weighted by atomic mass is 9.98. The van der Waals surface area contributed by atoms with E-state index >= 15 is 0 Å². The van der Waals surface area contributed by atoms with Crippen molar-refractivity contribution in [2.75, 3.05) is 44.3 Å². The Labute approximate surface area is 133 Å². The number of nitrogens with zero attached hydrogens (tertiary/aromatic N) is 2. The molecule has 120 valence electrons. The molecule has 0 aromatic heterocycles. The van der Waals surface area contributed by atoms with E-state index in [2.05, 4.69) is 41.0 Å². The van der Waals surface area contributed by atoms with Crippen LogP contribution in [-0.4, -0.2) is 50.2 Å². The van der Waals surface area contributed by atoms with Crippen LogP contribution in [0.3, 0.4) is 0 Å². The molecule has 4 heteroatoms. The largest absolute Gasteiger partial charge is 0.381 e. The van der Waals surface area contributed by atoms with Crippen molar-refractivity contribution in [3.63, 3.8) is 0 Å². The van der Waals surface area contributed by atoms with E-state index in [0.717, 1.165) is 58.7 Å². The minimum absolute atomic E-state index is 0.179. The van der Waals surface area contributed by atoms with Crippen molar-refractivity contribution < 1.29 is 9.53 Å². The minimum atomic E-state index is 0.179. The summed E-state index contributed by atoms with van der Waals surface area (Å²) >= 11 is 0. The maximum absolute atomic E-state index is 12.7. The fourth-order valence-corrected chi connectivity index (χ4v) is 3.50. The van der Waals surface area contributed by atoms with Crippen LogP contribution in [-0.2, 0) is 9.53 Å². The second-order valence-electron chi connectivity index (χ2n) is 6.34. The Bertz CT molecular complexity index is 512. The fourth-order valence-electron chi connectivity index (χ4n) is 3.50. The fraction of sp³-hybridized carbons (Fsp3) is 0.611. The van der Waals surface area contributed by atoms with Gasteiger partial charge in [0.15, 0.2) is 0 Å². The van der Waals surface area contributed by atoms with Gasteiger partial charge in [-0.3, -0.25) is 4.79 Å². The molecule has 1 aromatic rings. The highest BCUT2D eigenvalue weighted by Gasteiger charge is 2.27. The van der Waals surface area contributed by atoms with Gasteiger partial charge < -0.3 is 14.5 Å². The third-order valence-electron chi connectivity index (χ3n) is 4.83. The lowest BCUT2D eigenvalue weighted by Crippen LogP contribution is -2.40. The molecule has 0 bridgehead atoms. The minimum Gasteiger partial charge on any atom is -0.381 e. The number of hydrogen-bond donors (Lipinski definition) is 0. The third-order valence-corrected chi connectivity index (χ3v) is 4.83. The van der Waals surface area contributed by atoms with Crippen molar-refractivity contribution in [1.82, 2.24) is 4.90 Å². The van der Waals surface area contributed by atoms with Gasteiger partial charge in [0, 0.05) is 51.0 Å². The van der Waals surface area contributed by atoms with Crippen LogP contribution < -0.4 is 4.90 Å². The van der Waals surface area contributed by atoms with E-state index < -0.39 is 0 Å². The summed E-state index contributed by atoms with van der Waals surface area (Å²) in [5.74, 6) is 0.522. The van der Waals surface area contributed by atoms with Crippen molar-refractivity contribution in [1.29, 1.82) is 0 Å².